The number of halogens is 2. The maximum atomic E-state index is 13.9. The van der Waals surface area contributed by atoms with Crippen molar-refractivity contribution in [2.75, 3.05) is 17.6 Å². The minimum absolute atomic E-state index is 0.0919. The molecule has 0 spiro atoms. The summed E-state index contributed by atoms with van der Waals surface area (Å²) >= 11 is 3.01. The summed E-state index contributed by atoms with van der Waals surface area (Å²) in [7, 11) is -3.04. The Morgan fingerprint density at radius 1 is 1.53 bits per heavy atom. The van der Waals surface area contributed by atoms with E-state index in [0.717, 1.165) is 0 Å². The zero-order valence-corrected chi connectivity index (χ0v) is 12.4. The summed E-state index contributed by atoms with van der Waals surface area (Å²) < 4.78 is 37.3. The predicted octanol–water partition coefficient (Wildman–Crippen LogP) is 2.45. The van der Waals surface area contributed by atoms with Crippen molar-refractivity contribution < 1.29 is 12.8 Å². The van der Waals surface area contributed by atoms with E-state index in [1.54, 1.807) is 0 Å². The molecule has 1 fully saturated rings. The quantitative estimate of drug-likeness (QED) is 0.912. The van der Waals surface area contributed by atoms with Crippen molar-refractivity contribution in [1.82, 2.24) is 0 Å². The molecule has 1 heterocycles. The molecule has 4 nitrogen and oxygen atoms in total. The van der Waals surface area contributed by atoms with Crippen LogP contribution in [0.1, 0.15) is 18.4 Å². The van der Waals surface area contributed by atoms with Crippen LogP contribution in [0.2, 0.25) is 0 Å². The Bertz CT molecular complexity index is 640. The molecule has 1 aromatic rings. The van der Waals surface area contributed by atoms with Crippen molar-refractivity contribution in [1.29, 1.82) is 5.26 Å². The summed E-state index contributed by atoms with van der Waals surface area (Å²) in [6.07, 6.45) is 1.27. The molecule has 0 amide bonds. The summed E-state index contributed by atoms with van der Waals surface area (Å²) in [6, 6.07) is 4.79. The van der Waals surface area contributed by atoms with E-state index in [2.05, 4.69) is 21.2 Å². The fraction of sp³-hybridized carbons (Fsp3) is 0.417. The van der Waals surface area contributed by atoms with E-state index >= 15 is 0 Å². The molecule has 19 heavy (non-hydrogen) atoms. The number of anilines is 1. The van der Waals surface area contributed by atoms with Gasteiger partial charge < -0.3 is 5.32 Å². The predicted molar refractivity (Wildman–Crippen MR) is 74.1 cm³/mol. The molecule has 1 aliphatic heterocycles. The Morgan fingerprint density at radius 2 is 2.26 bits per heavy atom. The average Bonchev–Trinajstić information content (AvgIpc) is 2.70. The second kappa shape index (κ2) is 5.47. The minimum atomic E-state index is -3.04. The van der Waals surface area contributed by atoms with Crippen LogP contribution in [0.5, 0.6) is 0 Å². The minimum Gasteiger partial charge on any atom is -0.381 e. The van der Waals surface area contributed by atoms with Gasteiger partial charge in [-0.15, -0.1) is 0 Å². The third-order valence-electron chi connectivity index (χ3n) is 3.19. The first kappa shape index (κ1) is 14.3. The molecule has 102 valence electrons. The van der Waals surface area contributed by atoms with Gasteiger partial charge >= 0.3 is 0 Å². The maximum absolute atomic E-state index is 13.9. The van der Waals surface area contributed by atoms with E-state index in [1.165, 1.54) is 12.1 Å². The zero-order chi connectivity index (χ0) is 14.0. The molecule has 1 saturated heterocycles. The van der Waals surface area contributed by atoms with E-state index < -0.39 is 20.9 Å². The summed E-state index contributed by atoms with van der Waals surface area (Å²) in [6.45, 7) is 0.192. The number of hydrogen-bond donors (Lipinski definition) is 1. The van der Waals surface area contributed by atoms with E-state index in [4.69, 9.17) is 5.26 Å². The van der Waals surface area contributed by atoms with Crippen LogP contribution in [0.25, 0.3) is 0 Å². The lowest BCUT2D eigenvalue weighted by atomic mass is 10.2. The van der Waals surface area contributed by atoms with Crippen molar-refractivity contribution in [2.45, 2.75) is 18.1 Å². The highest BCUT2D eigenvalue weighted by atomic mass is 79.9. The van der Waals surface area contributed by atoms with Gasteiger partial charge in [-0.3, -0.25) is 0 Å². The summed E-state index contributed by atoms with van der Waals surface area (Å²) in [5, 5.41) is 11.1. The zero-order valence-electron chi connectivity index (χ0n) is 9.99. The number of hydrogen-bond acceptors (Lipinski definition) is 4. The van der Waals surface area contributed by atoms with Crippen molar-refractivity contribution in [2.24, 2.45) is 0 Å². The number of nitriles is 1. The Hall–Kier alpha value is -1.13. The molecule has 0 radical (unpaired) electrons. The third-order valence-corrected chi connectivity index (χ3v) is 6.24. The lowest BCUT2D eigenvalue weighted by molar-refractivity contribution is 0.590. The standard InChI is InChI=1S/C12H12BrFN2O2S/c13-11-8(6-15)3-4-10(12(11)14)16-7-9-2-1-5-19(9,17)18/h3-4,9,16H,1-2,5,7H2. The van der Waals surface area contributed by atoms with E-state index in [0.29, 0.717) is 12.8 Å². The van der Waals surface area contributed by atoms with Crippen LogP contribution in [0, 0.1) is 17.1 Å². The Labute approximate surface area is 119 Å². The van der Waals surface area contributed by atoms with Crippen molar-refractivity contribution in [3.63, 3.8) is 0 Å². The Balaban J connectivity index is 2.13. The van der Waals surface area contributed by atoms with Crippen LogP contribution in [-0.4, -0.2) is 26.0 Å². The van der Waals surface area contributed by atoms with Crippen LogP contribution in [0.3, 0.4) is 0 Å². The number of nitrogens with one attached hydrogen (secondary N) is 1. The van der Waals surface area contributed by atoms with Crippen LogP contribution in [0.4, 0.5) is 10.1 Å². The Kier molecular flexibility index (Phi) is 4.11. The number of benzene rings is 1. The van der Waals surface area contributed by atoms with Gasteiger partial charge in [0.25, 0.3) is 0 Å². The van der Waals surface area contributed by atoms with Gasteiger partial charge in [0.15, 0.2) is 15.7 Å². The smallest absolute Gasteiger partial charge is 0.161 e. The first-order chi connectivity index (χ1) is 8.95. The molecule has 1 N–H and O–H groups in total. The molecule has 0 aliphatic carbocycles. The number of sulfone groups is 1. The van der Waals surface area contributed by atoms with Crippen LogP contribution in [-0.2, 0) is 9.84 Å². The highest BCUT2D eigenvalue weighted by Crippen LogP contribution is 2.27. The molecule has 1 aromatic carbocycles. The second-order valence-corrected chi connectivity index (χ2v) is 7.61. The molecule has 0 saturated carbocycles. The van der Waals surface area contributed by atoms with E-state index in [-0.39, 0.29) is 28.0 Å². The largest absolute Gasteiger partial charge is 0.381 e. The van der Waals surface area contributed by atoms with Gasteiger partial charge in [-0.1, -0.05) is 0 Å². The lowest BCUT2D eigenvalue weighted by Gasteiger charge is -2.13. The highest BCUT2D eigenvalue weighted by molar-refractivity contribution is 9.10. The highest BCUT2D eigenvalue weighted by Gasteiger charge is 2.31. The Morgan fingerprint density at radius 3 is 2.84 bits per heavy atom. The molecule has 1 atom stereocenters. The number of nitrogens with zero attached hydrogens (tertiary/aromatic N) is 1. The van der Waals surface area contributed by atoms with Crippen molar-refractivity contribution in [3.8, 4) is 6.07 Å². The maximum Gasteiger partial charge on any atom is 0.161 e. The summed E-state index contributed by atoms with van der Waals surface area (Å²) in [5.41, 5.74) is 0.407. The van der Waals surface area contributed by atoms with Gasteiger partial charge in [0.05, 0.1) is 26.7 Å². The molecule has 1 unspecified atom stereocenters. The molecule has 2 rings (SSSR count). The molecule has 0 aromatic heterocycles. The van der Waals surface area contributed by atoms with Gasteiger partial charge in [-0.2, -0.15) is 5.26 Å². The topological polar surface area (TPSA) is 70.0 Å². The third kappa shape index (κ3) is 2.90. The molecule has 7 heteroatoms. The van der Waals surface area contributed by atoms with Gasteiger partial charge in [0.2, 0.25) is 0 Å². The summed E-state index contributed by atoms with van der Waals surface area (Å²) in [5.74, 6) is -0.367. The SMILES string of the molecule is N#Cc1ccc(NCC2CCCS2(=O)=O)c(F)c1Br. The van der Waals surface area contributed by atoms with Crippen LogP contribution >= 0.6 is 15.9 Å². The molecule has 0 bridgehead atoms. The van der Waals surface area contributed by atoms with E-state index in [1.807, 2.05) is 6.07 Å². The normalized spacial score (nSPS) is 21.0. The van der Waals surface area contributed by atoms with Gasteiger partial charge in [0, 0.05) is 6.54 Å². The molecular formula is C12H12BrFN2O2S. The number of rotatable bonds is 3. The van der Waals surface area contributed by atoms with E-state index in [9.17, 15) is 12.8 Å². The average molecular weight is 347 g/mol. The first-order valence-electron chi connectivity index (χ1n) is 5.79. The first-order valence-corrected chi connectivity index (χ1v) is 8.30. The molecule has 1 aliphatic rings. The van der Waals surface area contributed by atoms with Gasteiger partial charge in [-0.05, 0) is 40.9 Å². The second-order valence-electron chi connectivity index (χ2n) is 4.41. The monoisotopic (exact) mass is 346 g/mol. The van der Waals surface area contributed by atoms with Crippen LogP contribution < -0.4 is 5.32 Å². The van der Waals surface area contributed by atoms with Gasteiger partial charge in [0.1, 0.15) is 6.07 Å². The van der Waals surface area contributed by atoms with Crippen molar-refractivity contribution >= 4 is 31.5 Å². The van der Waals surface area contributed by atoms with Crippen molar-refractivity contribution in [3.05, 3.63) is 28.0 Å². The molecular weight excluding hydrogens is 335 g/mol. The fourth-order valence-corrected chi connectivity index (χ4v) is 4.28. The summed E-state index contributed by atoms with van der Waals surface area (Å²) in [4.78, 5) is 0. The fourth-order valence-electron chi connectivity index (χ4n) is 2.08. The van der Waals surface area contributed by atoms with Gasteiger partial charge in [-0.25, -0.2) is 12.8 Å². The lowest BCUT2D eigenvalue weighted by Crippen LogP contribution is -2.25. The van der Waals surface area contributed by atoms with Crippen LogP contribution in [0.15, 0.2) is 16.6 Å².